The van der Waals surface area contributed by atoms with Crippen LogP contribution >= 0.6 is 0 Å². The van der Waals surface area contributed by atoms with Gasteiger partial charge in [-0.25, -0.2) is 16.8 Å². The van der Waals surface area contributed by atoms with Crippen molar-refractivity contribution in [2.75, 3.05) is 11.5 Å². The molecule has 0 aliphatic heterocycles. The van der Waals surface area contributed by atoms with E-state index < -0.39 is 30.0 Å². The molecule has 0 amide bonds. The van der Waals surface area contributed by atoms with Gasteiger partial charge in [0.15, 0.2) is 0 Å². The fourth-order valence-electron chi connectivity index (χ4n) is 2.29. The van der Waals surface area contributed by atoms with Crippen molar-refractivity contribution in [1.29, 1.82) is 0 Å². The van der Waals surface area contributed by atoms with Crippen molar-refractivity contribution < 1.29 is 85.1 Å². The molecule has 0 fully saturated rings. The molecule has 0 radical (unpaired) electrons. The van der Waals surface area contributed by atoms with Crippen LogP contribution in [0.15, 0.2) is 46.2 Å². The fraction of sp³-hybridized carbons (Fsp3) is 0.143. The molecule has 2 aromatic rings. The number of aryl methyl sites for hydroxylation is 2. The Balaban J connectivity index is 0.00000312. The minimum absolute atomic E-state index is 0. The number of hydrogen-bond donors (Lipinski definition) is 2. The molecule has 2 rings (SSSR count). The molecule has 0 aliphatic carbocycles. The number of rotatable bonds is 5. The largest absolute Gasteiger partial charge is 1.00 e. The van der Waals surface area contributed by atoms with E-state index in [1.807, 2.05) is 0 Å². The Labute approximate surface area is 196 Å². The first kappa shape index (κ1) is 25.9. The topological polar surface area (TPSA) is 166 Å². The normalized spacial score (nSPS) is 11.3. The van der Waals surface area contributed by atoms with E-state index in [1.54, 1.807) is 0 Å². The summed E-state index contributed by atoms with van der Waals surface area (Å²) >= 11 is 0. The summed E-state index contributed by atoms with van der Waals surface area (Å²) in [5.41, 5.74) is 11.6. The second kappa shape index (κ2) is 9.87. The Morgan fingerprint density at radius 2 is 1.00 bits per heavy atom. The monoisotopic (exact) mass is 416 g/mol. The van der Waals surface area contributed by atoms with Gasteiger partial charge in [-0.3, -0.25) is 0 Å². The molecule has 0 aromatic heterocycles. The summed E-state index contributed by atoms with van der Waals surface area (Å²) in [6.45, 7) is 0. The zero-order chi connectivity index (χ0) is 18.1. The number of hydrogen-bond acceptors (Lipinski definition) is 8. The first-order chi connectivity index (χ1) is 11.0. The van der Waals surface area contributed by atoms with E-state index in [1.165, 1.54) is 24.3 Å². The van der Waals surface area contributed by atoms with E-state index >= 15 is 0 Å². The second-order valence-corrected chi connectivity index (χ2v) is 7.84. The van der Waals surface area contributed by atoms with Crippen molar-refractivity contribution in [3.8, 4) is 0 Å². The Morgan fingerprint density at radius 1 is 0.692 bits per heavy atom. The fourth-order valence-corrected chi connectivity index (χ4v) is 3.83. The summed E-state index contributed by atoms with van der Waals surface area (Å²) in [5, 5.41) is 0. The quantitative estimate of drug-likeness (QED) is 0.276. The standard InChI is InChI=1S/C14H16N2O6S2.2Na/c15-11-5-3-9(13(7-11)23(17,18)19)1-2-10-4-6-12(16)8-14(10)24(20,21)22;;/h3-8H,1-2,15-16H2,(H,17,18,19)(H,20,21,22);;/q;2*+1/p-2. The predicted octanol–water partition coefficient (Wildman–Crippen LogP) is -5.55. The maximum absolute atomic E-state index is 11.3. The SMILES string of the molecule is Nc1ccc(CCc2ccc(N)cc2S(=O)(=O)[O-])c(S(=O)(=O)[O-])c1.[Na+].[Na+]. The molecule has 0 unspecified atom stereocenters. The zero-order valence-electron chi connectivity index (χ0n) is 14.3. The molecule has 26 heavy (non-hydrogen) atoms. The van der Waals surface area contributed by atoms with Crippen molar-refractivity contribution >= 4 is 31.6 Å². The van der Waals surface area contributed by atoms with Crippen LogP contribution in [-0.4, -0.2) is 25.9 Å². The van der Waals surface area contributed by atoms with E-state index in [0.717, 1.165) is 12.1 Å². The van der Waals surface area contributed by atoms with E-state index in [9.17, 15) is 25.9 Å². The smallest absolute Gasteiger partial charge is 0.744 e. The minimum Gasteiger partial charge on any atom is -0.744 e. The molecule has 8 nitrogen and oxygen atoms in total. The van der Waals surface area contributed by atoms with Crippen LogP contribution < -0.4 is 70.6 Å². The van der Waals surface area contributed by atoms with Crippen molar-refractivity contribution in [1.82, 2.24) is 0 Å². The summed E-state index contributed by atoms with van der Waals surface area (Å²) in [5.74, 6) is 0. The summed E-state index contributed by atoms with van der Waals surface area (Å²) in [4.78, 5) is -0.936. The Bertz CT molecular complexity index is 913. The molecule has 0 aliphatic rings. The van der Waals surface area contributed by atoms with Gasteiger partial charge >= 0.3 is 59.1 Å². The summed E-state index contributed by atoms with van der Waals surface area (Å²) in [6, 6.07) is 7.71. The molecule has 0 atom stereocenters. The van der Waals surface area contributed by atoms with Crippen LogP contribution in [-0.2, 0) is 33.1 Å². The molecule has 12 heteroatoms. The van der Waals surface area contributed by atoms with Gasteiger partial charge in [-0.1, -0.05) is 12.1 Å². The van der Waals surface area contributed by atoms with Crippen LogP contribution in [0.3, 0.4) is 0 Å². The summed E-state index contributed by atoms with van der Waals surface area (Å²) in [7, 11) is -9.47. The Hall–Kier alpha value is -0.140. The molecule has 0 heterocycles. The molecule has 0 saturated carbocycles. The van der Waals surface area contributed by atoms with Gasteiger partial charge in [0.05, 0.1) is 9.79 Å². The first-order valence-electron chi connectivity index (χ1n) is 6.67. The third-order valence-corrected chi connectivity index (χ3v) is 5.22. The number of nitrogen functional groups attached to an aromatic ring is 2. The maximum Gasteiger partial charge on any atom is 1.00 e. The average Bonchev–Trinajstić information content (AvgIpc) is 2.45. The van der Waals surface area contributed by atoms with Crippen LogP contribution in [0.4, 0.5) is 11.4 Å². The van der Waals surface area contributed by atoms with Gasteiger partial charge in [0.2, 0.25) is 0 Å². The summed E-state index contributed by atoms with van der Waals surface area (Å²) < 4.78 is 67.9. The molecule has 2 aromatic carbocycles. The molecular weight excluding hydrogens is 402 g/mol. The third-order valence-electron chi connectivity index (χ3n) is 3.38. The number of nitrogens with two attached hydrogens (primary N) is 2. The van der Waals surface area contributed by atoms with Gasteiger partial charge in [-0.2, -0.15) is 0 Å². The molecule has 130 valence electrons. The number of benzene rings is 2. The molecule has 0 bridgehead atoms. The zero-order valence-corrected chi connectivity index (χ0v) is 19.9. The van der Waals surface area contributed by atoms with Crippen LogP contribution in [0.25, 0.3) is 0 Å². The van der Waals surface area contributed by atoms with Crippen LogP contribution in [0.5, 0.6) is 0 Å². The second-order valence-electron chi connectivity index (χ2n) is 5.14. The van der Waals surface area contributed by atoms with Crippen molar-refractivity contribution in [3.63, 3.8) is 0 Å². The van der Waals surface area contributed by atoms with Gasteiger partial charge in [-0.05, 0) is 48.2 Å². The summed E-state index contributed by atoms with van der Waals surface area (Å²) in [6.07, 6.45) is 0.0625. The van der Waals surface area contributed by atoms with Crippen LogP contribution in [0, 0.1) is 0 Å². The van der Waals surface area contributed by atoms with E-state index in [4.69, 9.17) is 11.5 Å². The average molecular weight is 416 g/mol. The molecule has 0 spiro atoms. The Morgan fingerprint density at radius 3 is 1.27 bits per heavy atom. The van der Waals surface area contributed by atoms with Crippen LogP contribution in [0.2, 0.25) is 0 Å². The predicted molar refractivity (Wildman–Crippen MR) is 85.0 cm³/mol. The van der Waals surface area contributed by atoms with Gasteiger partial charge < -0.3 is 20.6 Å². The maximum atomic E-state index is 11.3. The molecule has 4 N–H and O–H groups in total. The minimum atomic E-state index is -4.74. The first-order valence-corrected chi connectivity index (χ1v) is 9.49. The van der Waals surface area contributed by atoms with E-state index in [0.29, 0.717) is 0 Å². The van der Waals surface area contributed by atoms with Crippen molar-refractivity contribution in [2.24, 2.45) is 0 Å². The van der Waals surface area contributed by atoms with Gasteiger partial charge in [0.25, 0.3) is 0 Å². The Kier molecular flexibility index (Phi) is 9.82. The van der Waals surface area contributed by atoms with Crippen LogP contribution in [0.1, 0.15) is 11.1 Å². The number of anilines is 2. The third kappa shape index (κ3) is 6.79. The molecule has 0 saturated heterocycles. The van der Waals surface area contributed by atoms with Crippen molar-refractivity contribution in [3.05, 3.63) is 47.5 Å². The molecular formula is C14H14N2Na2O6S2. The van der Waals surface area contributed by atoms with Gasteiger partial charge in [0.1, 0.15) is 20.2 Å². The van der Waals surface area contributed by atoms with Crippen molar-refractivity contribution in [2.45, 2.75) is 22.6 Å². The van der Waals surface area contributed by atoms with E-state index in [2.05, 4.69) is 0 Å². The van der Waals surface area contributed by atoms with Gasteiger partial charge in [0, 0.05) is 11.4 Å². The van der Waals surface area contributed by atoms with E-state index in [-0.39, 0.29) is 94.5 Å². The van der Waals surface area contributed by atoms with Gasteiger partial charge in [-0.15, -0.1) is 0 Å².